The van der Waals surface area contributed by atoms with Crippen LogP contribution in [-0.4, -0.2) is 37.5 Å². The number of rotatable bonds is 8. The van der Waals surface area contributed by atoms with Gasteiger partial charge in [-0.3, -0.25) is 0 Å². The molecule has 18 heavy (non-hydrogen) atoms. The molecule has 0 aliphatic carbocycles. The third-order valence-corrected chi connectivity index (χ3v) is 2.80. The maximum Gasteiger partial charge on any atom is 0.123 e. The van der Waals surface area contributed by atoms with Crippen molar-refractivity contribution in [3.63, 3.8) is 0 Å². The van der Waals surface area contributed by atoms with E-state index in [1.165, 1.54) is 6.07 Å². The summed E-state index contributed by atoms with van der Waals surface area (Å²) in [6.07, 6.45) is 1.41. The Morgan fingerprint density at radius 1 is 1.44 bits per heavy atom. The molecule has 3 nitrogen and oxygen atoms in total. The van der Waals surface area contributed by atoms with E-state index in [2.05, 4.69) is 5.32 Å². The molecule has 4 heteroatoms. The molecule has 1 rings (SSSR count). The Kier molecular flexibility index (Phi) is 6.86. The Labute approximate surface area is 108 Å². The molecule has 0 bridgehead atoms. The van der Waals surface area contributed by atoms with Gasteiger partial charge in [0.15, 0.2) is 0 Å². The summed E-state index contributed by atoms with van der Waals surface area (Å²) in [7, 11) is 1.64. The zero-order chi connectivity index (χ0) is 13.4. The van der Waals surface area contributed by atoms with E-state index in [1.807, 2.05) is 13.0 Å². The number of halogens is 1. The van der Waals surface area contributed by atoms with Crippen LogP contribution in [0.1, 0.15) is 18.9 Å². The average Bonchev–Trinajstić information content (AvgIpc) is 2.29. The number of aliphatic hydroxyl groups excluding tert-OH is 1. The molecule has 0 radical (unpaired) electrons. The first-order valence-corrected chi connectivity index (χ1v) is 6.26. The average molecular weight is 255 g/mol. The lowest BCUT2D eigenvalue weighted by atomic mass is 10.1. The Morgan fingerprint density at radius 2 is 2.22 bits per heavy atom. The molecule has 102 valence electrons. The topological polar surface area (TPSA) is 41.5 Å². The summed E-state index contributed by atoms with van der Waals surface area (Å²) < 4.78 is 18.1. The summed E-state index contributed by atoms with van der Waals surface area (Å²) in [5.41, 5.74) is 0.968. The molecule has 0 fully saturated rings. The minimum Gasteiger partial charge on any atom is -0.396 e. The summed E-state index contributed by atoms with van der Waals surface area (Å²) in [6, 6.07) is 6.97. The van der Waals surface area contributed by atoms with Crippen molar-refractivity contribution in [1.29, 1.82) is 0 Å². The maximum absolute atomic E-state index is 13.0. The highest BCUT2D eigenvalue weighted by Crippen LogP contribution is 2.07. The van der Waals surface area contributed by atoms with E-state index in [0.717, 1.165) is 12.0 Å². The highest BCUT2D eigenvalue weighted by atomic mass is 19.1. The Morgan fingerprint density at radius 3 is 2.83 bits per heavy atom. The van der Waals surface area contributed by atoms with Gasteiger partial charge in [0.2, 0.25) is 0 Å². The van der Waals surface area contributed by atoms with Crippen LogP contribution in [0.3, 0.4) is 0 Å². The van der Waals surface area contributed by atoms with Gasteiger partial charge in [-0.1, -0.05) is 12.1 Å². The Balaban J connectivity index is 2.46. The van der Waals surface area contributed by atoms with Gasteiger partial charge in [-0.05, 0) is 37.5 Å². The van der Waals surface area contributed by atoms with E-state index in [0.29, 0.717) is 13.0 Å². The van der Waals surface area contributed by atoms with Gasteiger partial charge in [0.25, 0.3) is 0 Å². The predicted octanol–water partition coefficient (Wildman–Crippen LogP) is 1.74. The van der Waals surface area contributed by atoms with Crippen molar-refractivity contribution in [2.45, 2.75) is 31.8 Å². The van der Waals surface area contributed by atoms with Crippen LogP contribution >= 0.6 is 0 Å². The van der Waals surface area contributed by atoms with Crippen LogP contribution in [0.5, 0.6) is 0 Å². The smallest absolute Gasteiger partial charge is 0.123 e. The molecule has 0 saturated heterocycles. The SMILES string of the molecule is COCC(CCO)NC(C)Cc1cccc(F)c1. The fourth-order valence-corrected chi connectivity index (χ4v) is 2.05. The summed E-state index contributed by atoms with van der Waals surface area (Å²) in [4.78, 5) is 0. The van der Waals surface area contributed by atoms with Crippen molar-refractivity contribution in [3.05, 3.63) is 35.6 Å². The van der Waals surface area contributed by atoms with Gasteiger partial charge in [-0.2, -0.15) is 0 Å². The van der Waals surface area contributed by atoms with Gasteiger partial charge in [-0.15, -0.1) is 0 Å². The van der Waals surface area contributed by atoms with E-state index in [1.54, 1.807) is 19.2 Å². The van der Waals surface area contributed by atoms with E-state index in [4.69, 9.17) is 9.84 Å². The molecule has 1 aromatic carbocycles. The summed E-state index contributed by atoms with van der Waals surface area (Å²) >= 11 is 0. The van der Waals surface area contributed by atoms with Crippen LogP contribution in [-0.2, 0) is 11.2 Å². The lowest BCUT2D eigenvalue weighted by Gasteiger charge is -2.22. The third-order valence-electron chi connectivity index (χ3n) is 2.80. The first-order chi connectivity index (χ1) is 8.65. The van der Waals surface area contributed by atoms with Crippen LogP contribution in [0.4, 0.5) is 4.39 Å². The molecule has 0 spiro atoms. The second kappa shape index (κ2) is 8.19. The molecule has 2 atom stereocenters. The number of hydrogen-bond donors (Lipinski definition) is 2. The Bertz CT molecular complexity index is 340. The van der Waals surface area contributed by atoms with Gasteiger partial charge in [-0.25, -0.2) is 4.39 Å². The summed E-state index contributed by atoms with van der Waals surface area (Å²) in [6.45, 7) is 2.74. The lowest BCUT2D eigenvalue weighted by Crippen LogP contribution is -2.41. The van der Waals surface area contributed by atoms with Crippen molar-refractivity contribution >= 4 is 0 Å². The highest BCUT2D eigenvalue weighted by molar-refractivity contribution is 5.17. The van der Waals surface area contributed by atoms with E-state index in [-0.39, 0.29) is 24.5 Å². The number of ether oxygens (including phenoxy) is 1. The molecule has 2 N–H and O–H groups in total. The van der Waals surface area contributed by atoms with Crippen LogP contribution in [0.15, 0.2) is 24.3 Å². The number of nitrogens with one attached hydrogen (secondary N) is 1. The van der Waals surface area contributed by atoms with Crippen molar-refractivity contribution in [1.82, 2.24) is 5.32 Å². The van der Waals surface area contributed by atoms with Gasteiger partial charge < -0.3 is 15.2 Å². The zero-order valence-corrected chi connectivity index (χ0v) is 11.0. The van der Waals surface area contributed by atoms with Crippen LogP contribution in [0, 0.1) is 5.82 Å². The van der Waals surface area contributed by atoms with Crippen LogP contribution < -0.4 is 5.32 Å². The number of hydrogen-bond acceptors (Lipinski definition) is 3. The molecule has 1 aromatic rings. The summed E-state index contributed by atoms with van der Waals surface area (Å²) in [5, 5.41) is 12.3. The van der Waals surface area contributed by atoms with E-state index in [9.17, 15) is 4.39 Å². The van der Waals surface area contributed by atoms with E-state index >= 15 is 0 Å². The first kappa shape index (κ1) is 15.1. The fourth-order valence-electron chi connectivity index (χ4n) is 2.05. The van der Waals surface area contributed by atoms with Gasteiger partial charge in [0, 0.05) is 25.8 Å². The van der Waals surface area contributed by atoms with Gasteiger partial charge >= 0.3 is 0 Å². The zero-order valence-electron chi connectivity index (χ0n) is 11.0. The number of aliphatic hydroxyl groups is 1. The minimum absolute atomic E-state index is 0.128. The minimum atomic E-state index is -0.205. The molecule has 0 aromatic heterocycles. The monoisotopic (exact) mass is 255 g/mol. The van der Waals surface area contributed by atoms with Gasteiger partial charge in [0.05, 0.1) is 6.61 Å². The maximum atomic E-state index is 13.0. The Hall–Kier alpha value is -0.970. The van der Waals surface area contributed by atoms with Crippen molar-refractivity contribution in [2.24, 2.45) is 0 Å². The molecule has 2 unspecified atom stereocenters. The third kappa shape index (κ3) is 5.58. The quantitative estimate of drug-likeness (QED) is 0.743. The van der Waals surface area contributed by atoms with Gasteiger partial charge in [0.1, 0.15) is 5.82 Å². The molecule has 0 aliphatic rings. The number of methoxy groups -OCH3 is 1. The lowest BCUT2D eigenvalue weighted by molar-refractivity contribution is 0.143. The first-order valence-electron chi connectivity index (χ1n) is 6.26. The molecule has 0 saturated carbocycles. The highest BCUT2D eigenvalue weighted by Gasteiger charge is 2.12. The predicted molar refractivity (Wildman–Crippen MR) is 70.1 cm³/mol. The normalized spacial score (nSPS) is 14.4. The van der Waals surface area contributed by atoms with Crippen LogP contribution in [0.25, 0.3) is 0 Å². The van der Waals surface area contributed by atoms with Crippen molar-refractivity contribution in [3.8, 4) is 0 Å². The van der Waals surface area contributed by atoms with Crippen LogP contribution in [0.2, 0.25) is 0 Å². The van der Waals surface area contributed by atoms with Crippen molar-refractivity contribution < 1.29 is 14.2 Å². The second-order valence-corrected chi connectivity index (χ2v) is 4.57. The molecule has 0 heterocycles. The molecular weight excluding hydrogens is 233 g/mol. The standard InChI is InChI=1S/C14H22FNO2/c1-11(16-14(6-7-17)10-18-2)8-12-4-3-5-13(15)9-12/h3-5,9,11,14,16-17H,6-8,10H2,1-2H3. The van der Waals surface area contributed by atoms with E-state index < -0.39 is 0 Å². The number of benzene rings is 1. The molecule has 0 amide bonds. The largest absolute Gasteiger partial charge is 0.396 e. The second-order valence-electron chi connectivity index (χ2n) is 4.57. The van der Waals surface area contributed by atoms with Crippen molar-refractivity contribution in [2.75, 3.05) is 20.3 Å². The summed E-state index contributed by atoms with van der Waals surface area (Å²) in [5.74, 6) is -0.205. The molecular formula is C14H22FNO2. The fraction of sp³-hybridized carbons (Fsp3) is 0.571. The molecule has 0 aliphatic heterocycles.